The first-order valence-corrected chi connectivity index (χ1v) is 3.95. The fourth-order valence-corrected chi connectivity index (χ4v) is 1.53. The molecule has 0 saturated carbocycles. The molecule has 1 aromatic carbocycles. The third-order valence-electron chi connectivity index (χ3n) is 2.12. The molecule has 1 heterocycles. The van der Waals surface area contributed by atoms with Gasteiger partial charge in [-0.15, -0.1) is 12.4 Å². The van der Waals surface area contributed by atoms with Gasteiger partial charge in [0.25, 0.3) is 0 Å². The monoisotopic (exact) mass is 205 g/mol. The summed E-state index contributed by atoms with van der Waals surface area (Å²) >= 11 is 0. The van der Waals surface area contributed by atoms with Crippen molar-refractivity contribution in [3.05, 3.63) is 34.9 Å². The van der Waals surface area contributed by atoms with E-state index in [0.717, 1.165) is 18.2 Å². The van der Waals surface area contributed by atoms with Crippen molar-refractivity contribution in [3.63, 3.8) is 0 Å². The molecule has 1 aliphatic rings. The van der Waals surface area contributed by atoms with Crippen LogP contribution in [0.25, 0.3) is 0 Å². The van der Waals surface area contributed by atoms with Gasteiger partial charge in [0, 0.05) is 12.6 Å². The molecular formula is C9H10ClF2N. The zero-order valence-electron chi connectivity index (χ0n) is 6.94. The van der Waals surface area contributed by atoms with Crippen LogP contribution in [0.4, 0.5) is 8.78 Å². The van der Waals surface area contributed by atoms with Crippen molar-refractivity contribution in [1.29, 1.82) is 0 Å². The minimum absolute atomic E-state index is 0. The average Bonchev–Trinajstić information content (AvgIpc) is 2.04. The second-order valence-electron chi connectivity index (χ2n) is 2.95. The Kier molecular flexibility index (Phi) is 3.22. The molecule has 0 saturated heterocycles. The van der Waals surface area contributed by atoms with Gasteiger partial charge in [0.05, 0.1) is 0 Å². The quantitative estimate of drug-likeness (QED) is 0.684. The molecule has 0 fully saturated rings. The van der Waals surface area contributed by atoms with Crippen LogP contribution < -0.4 is 5.32 Å². The Labute approximate surface area is 81.6 Å². The number of halogens is 3. The van der Waals surface area contributed by atoms with Crippen LogP contribution in [0.3, 0.4) is 0 Å². The lowest BCUT2D eigenvalue weighted by Gasteiger charge is -2.17. The van der Waals surface area contributed by atoms with Gasteiger partial charge in [-0.1, -0.05) is 0 Å². The van der Waals surface area contributed by atoms with Gasteiger partial charge in [-0.2, -0.15) is 0 Å². The summed E-state index contributed by atoms with van der Waals surface area (Å²) in [6.45, 7) is 1.35. The van der Waals surface area contributed by atoms with E-state index in [0.29, 0.717) is 18.5 Å². The van der Waals surface area contributed by atoms with Crippen LogP contribution in [0, 0.1) is 11.6 Å². The first-order valence-electron chi connectivity index (χ1n) is 3.95. The second-order valence-corrected chi connectivity index (χ2v) is 2.95. The maximum Gasteiger partial charge on any atom is 0.129 e. The first-order chi connectivity index (χ1) is 5.77. The maximum atomic E-state index is 13.1. The molecule has 0 atom stereocenters. The molecule has 1 aliphatic heterocycles. The van der Waals surface area contributed by atoms with Gasteiger partial charge in [0.15, 0.2) is 0 Å². The number of rotatable bonds is 0. The van der Waals surface area contributed by atoms with Gasteiger partial charge in [-0.05, 0) is 30.2 Å². The standard InChI is InChI=1S/C9H9F2N.ClH/c10-7-3-6-5-12-2-1-8(6)9(11)4-7;/h3-4,12H,1-2,5H2;1H. The van der Waals surface area contributed by atoms with Crippen molar-refractivity contribution in [1.82, 2.24) is 5.32 Å². The Hall–Kier alpha value is -0.670. The minimum atomic E-state index is -0.491. The molecule has 0 aromatic heterocycles. The summed E-state index contributed by atoms with van der Waals surface area (Å²) < 4.78 is 25.8. The Bertz CT molecular complexity index is 315. The maximum absolute atomic E-state index is 13.1. The van der Waals surface area contributed by atoms with Crippen molar-refractivity contribution < 1.29 is 8.78 Å². The molecule has 1 aromatic rings. The summed E-state index contributed by atoms with van der Waals surface area (Å²) in [5.41, 5.74) is 1.41. The first kappa shape index (κ1) is 10.4. The number of nitrogens with one attached hydrogen (secondary N) is 1. The van der Waals surface area contributed by atoms with Crippen LogP contribution in [-0.2, 0) is 13.0 Å². The van der Waals surface area contributed by atoms with Crippen LogP contribution in [0.15, 0.2) is 12.1 Å². The van der Waals surface area contributed by atoms with Crippen LogP contribution in [0.2, 0.25) is 0 Å². The van der Waals surface area contributed by atoms with E-state index in [4.69, 9.17) is 0 Å². The molecule has 0 bridgehead atoms. The zero-order valence-corrected chi connectivity index (χ0v) is 7.76. The average molecular weight is 206 g/mol. The van der Waals surface area contributed by atoms with Gasteiger partial charge in [-0.25, -0.2) is 8.78 Å². The van der Waals surface area contributed by atoms with E-state index in [1.807, 2.05) is 0 Å². The van der Waals surface area contributed by atoms with Crippen LogP contribution in [0.5, 0.6) is 0 Å². The third-order valence-corrected chi connectivity index (χ3v) is 2.12. The molecule has 2 rings (SSSR count). The van der Waals surface area contributed by atoms with Gasteiger partial charge in [0.2, 0.25) is 0 Å². The van der Waals surface area contributed by atoms with E-state index in [1.54, 1.807) is 0 Å². The minimum Gasteiger partial charge on any atom is -0.312 e. The SMILES string of the molecule is Cl.Fc1cc(F)c2c(c1)CNCC2. The molecule has 1 N–H and O–H groups in total. The molecule has 0 amide bonds. The van der Waals surface area contributed by atoms with Crippen molar-refractivity contribution in [2.75, 3.05) is 6.54 Å². The predicted molar refractivity (Wildman–Crippen MR) is 49.0 cm³/mol. The highest BCUT2D eigenvalue weighted by molar-refractivity contribution is 5.85. The van der Waals surface area contributed by atoms with E-state index in [-0.39, 0.29) is 12.4 Å². The van der Waals surface area contributed by atoms with E-state index in [1.165, 1.54) is 6.07 Å². The van der Waals surface area contributed by atoms with E-state index in [2.05, 4.69) is 5.32 Å². The summed E-state index contributed by atoms with van der Waals surface area (Å²) in [7, 11) is 0. The molecule has 1 nitrogen and oxygen atoms in total. The summed E-state index contributed by atoms with van der Waals surface area (Å²) in [5.74, 6) is -0.901. The van der Waals surface area contributed by atoms with Crippen LogP contribution in [0.1, 0.15) is 11.1 Å². The highest BCUT2D eigenvalue weighted by atomic mass is 35.5. The Morgan fingerprint density at radius 3 is 2.77 bits per heavy atom. The number of hydrogen-bond donors (Lipinski definition) is 1. The third kappa shape index (κ3) is 1.98. The smallest absolute Gasteiger partial charge is 0.129 e. The second kappa shape index (κ2) is 4.03. The van der Waals surface area contributed by atoms with Crippen molar-refractivity contribution in [2.24, 2.45) is 0 Å². The number of fused-ring (bicyclic) bond motifs is 1. The lowest BCUT2D eigenvalue weighted by Crippen LogP contribution is -2.24. The normalized spacial score (nSPS) is 14.6. The molecular weight excluding hydrogens is 196 g/mol. The summed E-state index contributed by atoms with van der Waals surface area (Å²) in [6.07, 6.45) is 0.654. The zero-order chi connectivity index (χ0) is 8.55. The molecule has 0 aliphatic carbocycles. The largest absolute Gasteiger partial charge is 0.312 e. The summed E-state index contributed by atoms with van der Waals surface area (Å²) in [5, 5.41) is 3.06. The molecule has 13 heavy (non-hydrogen) atoms. The summed E-state index contributed by atoms with van der Waals surface area (Å²) in [4.78, 5) is 0. The Morgan fingerprint density at radius 1 is 1.23 bits per heavy atom. The Balaban J connectivity index is 0.000000845. The van der Waals surface area contributed by atoms with E-state index < -0.39 is 11.6 Å². The molecule has 0 unspecified atom stereocenters. The number of benzene rings is 1. The van der Waals surface area contributed by atoms with Crippen molar-refractivity contribution >= 4 is 12.4 Å². The fraction of sp³-hybridized carbons (Fsp3) is 0.333. The van der Waals surface area contributed by atoms with E-state index in [9.17, 15) is 8.78 Å². The highest BCUT2D eigenvalue weighted by Crippen LogP contribution is 2.18. The van der Waals surface area contributed by atoms with Gasteiger partial charge < -0.3 is 5.32 Å². The summed E-state index contributed by atoms with van der Waals surface area (Å²) in [6, 6.07) is 2.34. The van der Waals surface area contributed by atoms with Gasteiger partial charge in [-0.3, -0.25) is 0 Å². The topological polar surface area (TPSA) is 12.0 Å². The van der Waals surface area contributed by atoms with E-state index >= 15 is 0 Å². The number of hydrogen-bond acceptors (Lipinski definition) is 1. The molecule has 0 spiro atoms. The highest BCUT2D eigenvalue weighted by Gasteiger charge is 2.13. The predicted octanol–water partition coefficient (Wildman–Crippen LogP) is 2.03. The van der Waals surface area contributed by atoms with Crippen LogP contribution in [-0.4, -0.2) is 6.54 Å². The molecule has 0 radical (unpaired) electrons. The fourth-order valence-electron chi connectivity index (χ4n) is 1.53. The molecule has 72 valence electrons. The lowest BCUT2D eigenvalue weighted by molar-refractivity contribution is 0.541. The molecule has 4 heteroatoms. The van der Waals surface area contributed by atoms with Crippen molar-refractivity contribution in [2.45, 2.75) is 13.0 Å². The Morgan fingerprint density at radius 2 is 2.00 bits per heavy atom. The van der Waals surface area contributed by atoms with Crippen molar-refractivity contribution in [3.8, 4) is 0 Å². The lowest BCUT2D eigenvalue weighted by atomic mass is 10.0. The van der Waals surface area contributed by atoms with Crippen LogP contribution >= 0.6 is 12.4 Å². The van der Waals surface area contributed by atoms with Gasteiger partial charge >= 0.3 is 0 Å². The van der Waals surface area contributed by atoms with Gasteiger partial charge in [0.1, 0.15) is 11.6 Å².